The number of anilines is 1. The van der Waals surface area contributed by atoms with Crippen molar-refractivity contribution in [2.45, 2.75) is 34.1 Å². The molecule has 0 atom stereocenters. The van der Waals surface area contributed by atoms with Gasteiger partial charge in [-0.3, -0.25) is 0 Å². The first-order chi connectivity index (χ1) is 13.1. The van der Waals surface area contributed by atoms with E-state index in [1.807, 2.05) is 32.9 Å². The minimum Gasteiger partial charge on any atom is -0.494 e. The number of fused-ring (bicyclic) bond motifs is 1. The quantitative estimate of drug-likeness (QED) is 0.512. The molecule has 0 fully saturated rings. The molecule has 1 aromatic carbocycles. The standard InChI is InChI=1S/C21H27N3O2S/c1-5-25-13-7-12-22-20-19-18(14(3)27-21(19)24-15(4)23-20)16-8-10-17(11-9-16)26-6-2/h8-11H,5-7,12-13H2,1-4H3,(H,22,23,24). The molecule has 0 bridgehead atoms. The number of rotatable bonds is 9. The van der Waals surface area contributed by atoms with Crippen LogP contribution >= 0.6 is 11.3 Å². The van der Waals surface area contributed by atoms with Crippen LogP contribution in [0.5, 0.6) is 5.75 Å². The lowest BCUT2D eigenvalue weighted by Crippen LogP contribution is -2.08. The summed E-state index contributed by atoms with van der Waals surface area (Å²) in [5.41, 5.74) is 2.36. The van der Waals surface area contributed by atoms with E-state index in [1.165, 1.54) is 10.4 Å². The van der Waals surface area contributed by atoms with Crippen molar-refractivity contribution < 1.29 is 9.47 Å². The second-order valence-electron chi connectivity index (χ2n) is 6.27. The van der Waals surface area contributed by atoms with E-state index in [1.54, 1.807) is 11.3 Å². The highest BCUT2D eigenvalue weighted by Crippen LogP contribution is 2.41. The molecule has 1 N–H and O–H groups in total. The number of nitrogens with zero attached hydrogens (tertiary/aromatic N) is 2. The van der Waals surface area contributed by atoms with E-state index in [0.29, 0.717) is 6.61 Å². The first-order valence-electron chi connectivity index (χ1n) is 9.46. The van der Waals surface area contributed by atoms with Crippen LogP contribution in [0.4, 0.5) is 5.82 Å². The zero-order valence-corrected chi connectivity index (χ0v) is 17.3. The SMILES string of the molecule is CCOCCCNc1nc(C)nc2sc(C)c(-c3ccc(OCC)cc3)c12. The third kappa shape index (κ3) is 4.57. The van der Waals surface area contributed by atoms with Crippen LogP contribution in [0.1, 0.15) is 31.0 Å². The molecule has 27 heavy (non-hydrogen) atoms. The van der Waals surface area contributed by atoms with Crippen molar-refractivity contribution >= 4 is 27.4 Å². The molecular formula is C21H27N3O2S. The number of hydrogen-bond donors (Lipinski definition) is 1. The fourth-order valence-corrected chi connectivity index (χ4v) is 4.19. The van der Waals surface area contributed by atoms with Crippen LogP contribution < -0.4 is 10.1 Å². The number of thiophene rings is 1. The Morgan fingerprint density at radius 2 is 1.81 bits per heavy atom. The summed E-state index contributed by atoms with van der Waals surface area (Å²) in [4.78, 5) is 11.6. The Labute approximate surface area is 164 Å². The van der Waals surface area contributed by atoms with Crippen molar-refractivity contribution in [3.8, 4) is 16.9 Å². The van der Waals surface area contributed by atoms with Crippen molar-refractivity contribution in [3.63, 3.8) is 0 Å². The fraction of sp³-hybridized carbons (Fsp3) is 0.429. The first kappa shape index (κ1) is 19.6. The zero-order chi connectivity index (χ0) is 19.2. The average molecular weight is 386 g/mol. The van der Waals surface area contributed by atoms with E-state index in [-0.39, 0.29) is 0 Å². The van der Waals surface area contributed by atoms with Crippen molar-refractivity contribution in [1.29, 1.82) is 0 Å². The molecule has 0 saturated heterocycles. The van der Waals surface area contributed by atoms with Crippen molar-refractivity contribution in [2.75, 3.05) is 31.7 Å². The van der Waals surface area contributed by atoms with Gasteiger partial charge in [0.15, 0.2) is 0 Å². The van der Waals surface area contributed by atoms with E-state index in [2.05, 4.69) is 34.3 Å². The van der Waals surface area contributed by atoms with Gasteiger partial charge in [-0.2, -0.15) is 0 Å². The fourth-order valence-electron chi connectivity index (χ4n) is 3.10. The molecule has 0 unspecified atom stereocenters. The summed E-state index contributed by atoms with van der Waals surface area (Å²) in [6.07, 6.45) is 0.944. The molecule has 5 nitrogen and oxygen atoms in total. The van der Waals surface area contributed by atoms with Gasteiger partial charge >= 0.3 is 0 Å². The summed E-state index contributed by atoms with van der Waals surface area (Å²) in [7, 11) is 0. The Balaban J connectivity index is 1.96. The summed E-state index contributed by atoms with van der Waals surface area (Å²) in [6.45, 7) is 11.1. The highest BCUT2D eigenvalue weighted by Gasteiger charge is 2.17. The molecule has 144 valence electrons. The van der Waals surface area contributed by atoms with Gasteiger partial charge < -0.3 is 14.8 Å². The predicted octanol–water partition coefficient (Wildman–Crippen LogP) is 5.21. The average Bonchev–Trinajstić information content (AvgIpc) is 2.98. The summed E-state index contributed by atoms with van der Waals surface area (Å²) in [5.74, 6) is 2.58. The van der Waals surface area contributed by atoms with Crippen molar-refractivity contribution in [1.82, 2.24) is 9.97 Å². The largest absolute Gasteiger partial charge is 0.494 e. The number of aryl methyl sites for hydroxylation is 2. The number of aromatic nitrogens is 2. The topological polar surface area (TPSA) is 56.3 Å². The Morgan fingerprint density at radius 3 is 2.52 bits per heavy atom. The highest BCUT2D eigenvalue weighted by molar-refractivity contribution is 7.19. The van der Waals surface area contributed by atoms with Gasteiger partial charge in [0.2, 0.25) is 0 Å². The molecule has 2 aromatic heterocycles. The normalized spacial score (nSPS) is 11.1. The number of hydrogen-bond acceptors (Lipinski definition) is 6. The van der Waals surface area contributed by atoms with Gasteiger partial charge in [-0.15, -0.1) is 11.3 Å². The molecule has 0 aliphatic rings. The van der Waals surface area contributed by atoms with Crippen LogP contribution in [0.15, 0.2) is 24.3 Å². The van der Waals surface area contributed by atoms with Crippen LogP contribution in [-0.4, -0.2) is 36.3 Å². The van der Waals surface area contributed by atoms with Gasteiger partial charge in [0.25, 0.3) is 0 Å². The summed E-state index contributed by atoms with van der Waals surface area (Å²) in [5, 5.41) is 4.59. The summed E-state index contributed by atoms with van der Waals surface area (Å²) < 4.78 is 11.0. The monoisotopic (exact) mass is 385 g/mol. The third-order valence-electron chi connectivity index (χ3n) is 4.26. The van der Waals surface area contributed by atoms with E-state index in [0.717, 1.165) is 59.4 Å². The Kier molecular flexibility index (Phi) is 6.63. The van der Waals surface area contributed by atoms with E-state index in [9.17, 15) is 0 Å². The van der Waals surface area contributed by atoms with Gasteiger partial charge in [-0.25, -0.2) is 9.97 Å². The molecule has 3 rings (SSSR count). The highest BCUT2D eigenvalue weighted by atomic mass is 32.1. The van der Waals surface area contributed by atoms with Crippen molar-refractivity contribution in [2.24, 2.45) is 0 Å². The summed E-state index contributed by atoms with van der Waals surface area (Å²) in [6, 6.07) is 8.26. The second kappa shape index (κ2) is 9.15. The Bertz CT molecular complexity index is 891. The first-order valence-corrected chi connectivity index (χ1v) is 10.3. The maximum atomic E-state index is 5.57. The maximum Gasteiger partial charge on any atom is 0.139 e. The van der Waals surface area contributed by atoms with Crippen LogP contribution in [-0.2, 0) is 4.74 Å². The molecule has 0 amide bonds. The smallest absolute Gasteiger partial charge is 0.139 e. The molecule has 0 aliphatic carbocycles. The molecule has 0 radical (unpaired) electrons. The van der Waals surface area contributed by atoms with Gasteiger partial charge in [-0.05, 0) is 51.8 Å². The van der Waals surface area contributed by atoms with E-state index < -0.39 is 0 Å². The molecule has 0 saturated carbocycles. The third-order valence-corrected chi connectivity index (χ3v) is 5.25. The minimum absolute atomic E-state index is 0.669. The van der Waals surface area contributed by atoms with Crippen LogP contribution in [0, 0.1) is 13.8 Å². The van der Waals surface area contributed by atoms with Crippen LogP contribution in [0.3, 0.4) is 0 Å². The molecule has 0 spiro atoms. The van der Waals surface area contributed by atoms with Crippen LogP contribution in [0.2, 0.25) is 0 Å². The van der Waals surface area contributed by atoms with Gasteiger partial charge in [0, 0.05) is 30.2 Å². The van der Waals surface area contributed by atoms with Crippen molar-refractivity contribution in [3.05, 3.63) is 35.0 Å². The lowest BCUT2D eigenvalue weighted by atomic mass is 10.0. The lowest BCUT2D eigenvalue weighted by Gasteiger charge is -2.11. The number of benzene rings is 1. The van der Waals surface area contributed by atoms with E-state index in [4.69, 9.17) is 9.47 Å². The number of ether oxygens (including phenoxy) is 2. The Hall–Kier alpha value is -2.18. The molecule has 6 heteroatoms. The van der Waals surface area contributed by atoms with E-state index >= 15 is 0 Å². The summed E-state index contributed by atoms with van der Waals surface area (Å²) >= 11 is 1.72. The van der Waals surface area contributed by atoms with Gasteiger partial charge in [-0.1, -0.05) is 12.1 Å². The minimum atomic E-state index is 0.669. The molecule has 0 aliphatic heterocycles. The maximum absolute atomic E-state index is 5.57. The lowest BCUT2D eigenvalue weighted by molar-refractivity contribution is 0.147. The Morgan fingerprint density at radius 1 is 1.04 bits per heavy atom. The molecular weight excluding hydrogens is 358 g/mol. The number of nitrogens with one attached hydrogen (secondary N) is 1. The molecule has 3 aromatic rings. The molecule has 2 heterocycles. The van der Waals surface area contributed by atoms with Gasteiger partial charge in [0.05, 0.1) is 12.0 Å². The van der Waals surface area contributed by atoms with Crippen LogP contribution in [0.25, 0.3) is 21.3 Å². The zero-order valence-electron chi connectivity index (χ0n) is 16.5. The predicted molar refractivity (Wildman–Crippen MR) is 113 cm³/mol. The van der Waals surface area contributed by atoms with Gasteiger partial charge in [0.1, 0.15) is 22.2 Å². The second-order valence-corrected chi connectivity index (χ2v) is 7.47.